The summed E-state index contributed by atoms with van der Waals surface area (Å²) in [5.41, 5.74) is 3.40. The van der Waals surface area contributed by atoms with Crippen LogP contribution in [0.15, 0.2) is 65.7 Å². The number of hydrogen-bond donors (Lipinski definition) is 0. The van der Waals surface area contributed by atoms with Crippen LogP contribution in [0.25, 0.3) is 22.4 Å². The van der Waals surface area contributed by atoms with E-state index in [0.717, 1.165) is 22.9 Å². The summed E-state index contributed by atoms with van der Waals surface area (Å²) < 4.78 is 5.19. The van der Waals surface area contributed by atoms with E-state index in [4.69, 9.17) is 4.74 Å². The number of benzene rings is 2. The molecule has 3 rings (SSSR count). The molecular formula is C21H15N2O3S-. The Kier molecular flexibility index (Phi) is 5.74. The Hall–Kier alpha value is -3.30. The van der Waals surface area contributed by atoms with Crippen LogP contribution in [0.3, 0.4) is 0 Å². The fourth-order valence-electron chi connectivity index (χ4n) is 2.62. The van der Waals surface area contributed by atoms with Crippen molar-refractivity contribution in [2.75, 3.05) is 12.9 Å². The predicted octanol–water partition coefficient (Wildman–Crippen LogP) is 3.14. The van der Waals surface area contributed by atoms with E-state index in [1.807, 2.05) is 60.7 Å². The van der Waals surface area contributed by atoms with Crippen LogP contribution in [-0.4, -0.2) is 23.8 Å². The summed E-state index contributed by atoms with van der Waals surface area (Å²) >= 11 is 0.985. The van der Waals surface area contributed by atoms with Crippen LogP contribution in [-0.2, 0) is 4.79 Å². The van der Waals surface area contributed by atoms with Crippen LogP contribution in [0.1, 0.15) is 5.56 Å². The van der Waals surface area contributed by atoms with Gasteiger partial charge in [-0.25, -0.2) is 4.98 Å². The molecule has 0 unspecified atom stereocenters. The van der Waals surface area contributed by atoms with E-state index in [0.29, 0.717) is 27.6 Å². The molecule has 0 aliphatic rings. The van der Waals surface area contributed by atoms with Crippen LogP contribution >= 0.6 is 11.8 Å². The molecule has 1 heterocycles. The summed E-state index contributed by atoms with van der Waals surface area (Å²) in [6.07, 6.45) is 0. The molecule has 5 nitrogen and oxygen atoms in total. The Labute approximate surface area is 161 Å². The highest BCUT2D eigenvalue weighted by Gasteiger charge is 2.16. The third kappa shape index (κ3) is 4.27. The Bertz CT molecular complexity index is 996. The van der Waals surface area contributed by atoms with E-state index in [2.05, 4.69) is 11.1 Å². The molecule has 3 aromatic rings. The largest absolute Gasteiger partial charge is 0.549 e. The zero-order valence-corrected chi connectivity index (χ0v) is 15.3. The molecule has 0 N–H and O–H groups in total. The number of methoxy groups -OCH3 is 1. The van der Waals surface area contributed by atoms with Gasteiger partial charge in [0.05, 0.1) is 24.3 Å². The normalized spacial score (nSPS) is 10.2. The maximum Gasteiger partial charge on any atom is 0.118 e. The van der Waals surface area contributed by atoms with Crippen molar-refractivity contribution < 1.29 is 14.6 Å². The van der Waals surface area contributed by atoms with E-state index in [1.54, 1.807) is 7.11 Å². The number of carbonyl (C=O) groups excluding carboxylic acids is 1. The molecule has 1 aromatic heterocycles. The molecule has 0 aliphatic heterocycles. The second-order valence-electron chi connectivity index (χ2n) is 5.60. The number of rotatable bonds is 6. The highest BCUT2D eigenvalue weighted by molar-refractivity contribution is 7.99. The first-order chi connectivity index (χ1) is 13.1. The molecular weight excluding hydrogens is 360 g/mol. The number of carboxylic acids is 1. The van der Waals surface area contributed by atoms with Crippen molar-refractivity contribution in [1.29, 1.82) is 5.26 Å². The van der Waals surface area contributed by atoms with Gasteiger partial charge in [-0.3, -0.25) is 0 Å². The maximum atomic E-state index is 10.9. The molecule has 0 saturated carbocycles. The average molecular weight is 375 g/mol. The topological polar surface area (TPSA) is 86.0 Å². The lowest BCUT2D eigenvalue weighted by Gasteiger charge is -2.13. The Balaban J connectivity index is 2.18. The summed E-state index contributed by atoms with van der Waals surface area (Å²) in [6.45, 7) is 0. The molecule has 0 atom stereocenters. The molecule has 2 aromatic carbocycles. The predicted molar refractivity (Wildman–Crippen MR) is 102 cm³/mol. The van der Waals surface area contributed by atoms with Crippen molar-refractivity contribution in [3.8, 4) is 34.2 Å². The van der Waals surface area contributed by atoms with Gasteiger partial charge in [0, 0.05) is 16.9 Å². The summed E-state index contributed by atoms with van der Waals surface area (Å²) in [4.78, 5) is 15.4. The minimum atomic E-state index is -1.21. The fourth-order valence-corrected chi connectivity index (χ4v) is 3.33. The number of hydrogen-bond acceptors (Lipinski definition) is 6. The van der Waals surface area contributed by atoms with E-state index in [9.17, 15) is 15.2 Å². The SMILES string of the molecule is COc1ccc(-c2cc(-c3ccccc3)nc(SCC(=O)[O-])c2C#N)cc1. The van der Waals surface area contributed by atoms with Gasteiger partial charge >= 0.3 is 0 Å². The first kappa shape index (κ1) is 18.5. The van der Waals surface area contributed by atoms with Crippen LogP contribution < -0.4 is 9.84 Å². The van der Waals surface area contributed by atoms with Crippen molar-refractivity contribution in [3.05, 3.63) is 66.2 Å². The third-order valence-corrected chi connectivity index (χ3v) is 4.84. The van der Waals surface area contributed by atoms with Gasteiger partial charge in [-0.15, -0.1) is 0 Å². The van der Waals surface area contributed by atoms with Crippen molar-refractivity contribution in [3.63, 3.8) is 0 Å². The molecule has 134 valence electrons. The minimum Gasteiger partial charge on any atom is -0.549 e. The lowest BCUT2D eigenvalue weighted by Crippen LogP contribution is -2.24. The summed E-state index contributed by atoms with van der Waals surface area (Å²) in [7, 11) is 1.59. The molecule has 0 fully saturated rings. The lowest BCUT2D eigenvalue weighted by atomic mass is 9.99. The Morgan fingerprint density at radius 2 is 1.85 bits per heavy atom. The van der Waals surface area contributed by atoms with E-state index < -0.39 is 5.97 Å². The number of carbonyl (C=O) groups is 1. The summed E-state index contributed by atoms with van der Waals surface area (Å²) in [5.74, 6) is -0.773. The monoisotopic (exact) mass is 375 g/mol. The van der Waals surface area contributed by atoms with E-state index >= 15 is 0 Å². The van der Waals surface area contributed by atoms with Gasteiger partial charge in [-0.05, 0) is 23.8 Å². The third-order valence-electron chi connectivity index (χ3n) is 3.90. The van der Waals surface area contributed by atoms with E-state index in [-0.39, 0.29) is 5.75 Å². The quantitative estimate of drug-likeness (QED) is 0.615. The lowest BCUT2D eigenvalue weighted by molar-refractivity contribution is -0.301. The molecule has 27 heavy (non-hydrogen) atoms. The first-order valence-electron chi connectivity index (χ1n) is 8.10. The van der Waals surface area contributed by atoms with Gasteiger partial charge in [-0.1, -0.05) is 54.2 Å². The molecule has 0 aliphatic carbocycles. The number of thioether (sulfide) groups is 1. The van der Waals surface area contributed by atoms with Gasteiger partial charge in [-0.2, -0.15) is 5.26 Å². The minimum absolute atomic E-state index is 0.276. The summed E-state index contributed by atoms with van der Waals surface area (Å²) in [5, 5.41) is 21.0. The van der Waals surface area contributed by atoms with Gasteiger partial charge < -0.3 is 14.6 Å². The van der Waals surface area contributed by atoms with Crippen molar-refractivity contribution in [2.45, 2.75) is 5.03 Å². The van der Waals surface area contributed by atoms with Crippen LogP contribution in [0.2, 0.25) is 0 Å². The second-order valence-corrected chi connectivity index (χ2v) is 6.57. The zero-order valence-electron chi connectivity index (χ0n) is 14.5. The zero-order chi connectivity index (χ0) is 19.2. The van der Waals surface area contributed by atoms with E-state index in [1.165, 1.54) is 0 Å². The van der Waals surface area contributed by atoms with Crippen LogP contribution in [0.4, 0.5) is 0 Å². The fraction of sp³-hybridized carbons (Fsp3) is 0.0952. The highest BCUT2D eigenvalue weighted by Crippen LogP contribution is 2.34. The standard InChI is InChI=1S/C21H16N2O3S/c1-26-16-9-7-14(8-10-16)17-11-19(15-5-3-2-4-6-15)23-21(18(17)12-22)27-13-20(24)25/h2-11H,13H2,1H3,(H,24,25)/p-1. The Morgan fingerprint density at radius 3 is 2.44 bits per heavy atom. The van der Waals surface area contributed by atoms with Crippen LogP contribution in [0.5, 0.6) is 5.75 Å². The van der Waals surface area contributed by atoms with Crippen molar-refractivity contribution in [1.82, 2.24) is 4.98 Å². The van der Waals surface area contributed by atoms with Gasteiger partial charge in [0.1, 0.15) is 16.8 Å². The van der Waals surface area contributed by atoms with Crippen molar-refractivity contribution >= 4 is 17.7 Å². The molecule has 0 amide bonds. The van der Waals surface area contributed by atoms with Crippen molar-refractivity contribution in [2.24, 2.45) is 0 Å². The second kappa shape index (κ2) is 8.39. The maximum absolute atomic E-state index is 10.9. The Morgan fingerprint density at radius 1 is 1.15 bits per heavy atom. The molecule has 0 bridgehead atoms. The number of nitrogens with zero attached hydrogens (tertiary/aromatic N) is 2. The number of nitriles is 1. The molecule has 0 spiro atoms. The number of pyridine rings is 1. The van der Waals surface area contributed by atoms with Gasteiger partial charge in [0.2, 0.25) is 0 Å². The smallest absolute Gasteiger partial charge is 0.118 e. The molecule has 0 radical (unpaired) electrons. The number of carboxylic acid groups (broad SMARTS) is 1. The van der Waals surface area contributed by atoms with Gasteiger partial charge in [0.25, 0.3) is 0 Å². The first-order valence-corrected chi connectivity index (χ1v) is 9.08. The number of aromatic nitrogens is 1. The molecule has 6 heteroatoms. The number of aliphatic carboxylic acids is 1. The number of ether oxygens (including phenoxy) is 1. The average Bonchev–Trinajstić information content (AvgIpc) is 2.72. The summed E-state index contributed by atoms with van der Waals surface area (Å²) in [6, 6.07) is 20.9. The highest BCUT2D eigenvalue weighted by atomic mass is 32.2. The van der Waals surface area contributed by atoms with Gasteiger partial charge in [0.15, 0.2) is 0 Å². The molecule has 0 saturated heterocycles. The van der Waals surface area contributed by atoms with Crippen LogP contribution in [0, 0.1) is 11.3 Å².